The Morgan fingerprint density at radius 2 is 2.18 bits per heavy atom. The summed E-state index contributed by atoms with van der Waals surface area (Å²) in [6.45, 7) is 6.19. The van der Waals surface area contributed by atoms with Gasteiger partial charge in [0.15, 0.2) is 0 Å². The molecule has 1 aromatic heterocycles. The molecule has 0 amide bonds. The summed E-state index contributed by atoms with van der Waals surface area (Å²) in [4.78, 5) is 5.66. The topological polar surface area (TPSA) is 38.9 Å². The fourth-order valence-corrected chi connectivity index (χ4v) is 1.84. The van der Waals surface area contributed by atoms with Crippen molar-refractivity contribution in [3.05, 3.63) is 15.6 Å². The van der Waals surface area contributed by atoms with Crippen LogP contribution < -0.4 is 5.73 Å². The third kappa shape index (κ3) is 1.79. The van der Waals surface area contributed by atoms with Gasteiger partial charge in [0.25, 0.3) is 0 Å². The lowest BCUT2D eigenvalue weighted by molar-refractivity contribution is 0.691. The molecule has 62 valence electrons. The van der Waals surface area contributed by atoms with E-state index >= 15 is 0 Å². The molecule has 0 bridgehead atoms. The van der Waals surface area contributed by atoms with Crippen LogP contribution in [0.25, 0.3) is 0 Å². The molecule has 0 spiro atoms. The van der Waals surface area contributed by atoms with Crippen LogP contribution >= 0.6 is 11.3 Å². The number of hydrogen-bond acceptors (Lipinski definition) is 3. The number of rotatable bonds is 2. The number of hydrogen-bond donors (Lipinski definition) is 1. The van der Waals surface area contributed by atoms with Crippen LogP contribution in [0.5, 0.6) is 0 Å². The second-order valence-corrected chi connectivity index (χ2v) is 3.94. The first-order valence-corrected chi connectivity index (χ1v) is 4.66. The van der Waals surface area contributed by atoms with Gasteiger partial charge >= 0.3 is 0 Å². The van der Waals surface area contributed by atoms with Crippen molar-refractivity contribution in [1.29, 1.82) is 0 Å². The molecule has 1 rings (SSSR count). The lowest BCUT2D eigenvalue weighted by Gasteiger charge is -2.01. The second kappa shape index (κ2) is 3.32. The van der Waals surface area contributed by atoms with Crippen molar-refractivity contribution in [2.75, 3.05) is 0 Å². The van der Waals surface area contributed by atoms with E-state index in [0.29, 0.717) is 0 Å². The molecular formula is C8H14N2S. The van der Waals surface area contributed by atoms with Gasteiger partial charge < -0.3 is 5.73 Å². The standard InChI is InChI=1S/C8H14N2S/c1-4-7(9)8-10-5(2)6(3)11-8/h7H,4,9H2,1-3H3/t7-/m0/s1. The van der Waals surface area contributed by atoms with Crippen molar-refractivity contribution >= 4 is 11.3 Å². The summed E-state index contributed by atoms with van der Waals surface area (Å²) < 4.78 is 0. The van der Waals surface area contributed by atoms with Gasteiger partial charge in [-0.2, -0.15) is 0 Å². The first kappa shape index (κ1) is 8.68. The Balaban J connectivity index is 2.88. The fourth-order valence-electron chi connectivity index (χ4n) is 0.831. The summed E-state index contributed by atoms with van der Waals surface area (Å²) in [5.41, 5.74) is 6.94. The van der Waals surface area contributed by atoms with E-state index in [2.05, 4.69) is 18.8 Å². The van der Waals surface area contributed by atoms with Crippen molar-refractivity contribution in [3.8, 4) is 0 Å². The third-order valence-corrected chi connectivity index (χ3v) is 3.01. The largest absolute Gasteiger partial charge is 0.322 e. The molecule has 0 radical (unpaired) electrons. The summed E-state index contributed by atoms with van der Waals surface area (Å²) in [6, 6.07) is 0.132. The van der Waals surface area contributed by atoms with E-state index in [-0.39, 0.29) is 6.04 Å². The van der Waals surface area contributed by atoms with Crippen LogP contribution in [0.1, 0.15) is 35.0 Å². The van der Waals surface area contributed by atoms with Crippen LogP contribution in [0, 0.1) is 13.8 Å². The quantitative estimate of drug-likeness (QED) is 0.738. The van der Waals surface area contributed by atoms with Gasteiger partial charge in [-0.25, -0.2) is 4.98 Å². The summed E-state index contributed by atoms with van der Waals surface area (Å²) >= 11 is 1.71. The zero-order valence-electron chi connectivity index (χ0n) is 7.22. The van der Waals surface area contributed by atoms with Crippen LogP contribution in [0.4, 0.5) is 0 Å². The molecule has 1 atom stereocenters. The molecule has 1 aromatic rings. The molecule has 0 saturated carbocycles. The van der Waals surface area contributed by atoms with Gasteiger partial charge in [0.1, 0.15) is 5.01 Å². The zero-order chi connectivity index (χ0) is 8.43. The highest BCUT2D eigenvalue weighted by molar-refractivity contribution is 7.11. The van der Waals surface area contributed by atoms with Gasteiger partial charge in [-0.15, -0.1) is 11.3 Å². The third-order valence-electron chi connectivity index (χ3n) is 1.80. The molecule has 1 heterocycles. The average molecular weight is 170 g/mol. The summed E-state index contributed by atoms with van der Waals surface area (Å²) in [6.07, 6.45) is 0.965. The Morgan fingerprint density at radius 3 is 2.55 bits per heavy atom. The SMILES string of the molecule is CC[C@H](N)c1nc(C)c(C)s1. The number of thiazole rings is 1. The Kier molecular flexibility index (Phi) is 2.62. The number of aryl methyl sites for hydroxylation is 2. The van der Waals surface area contributed by atoms with Crippen LogP contribution in [0.2, 0.25) is 0 Å². The lowest BCUT2D eigenvalue weighted by Crippen LogP contribution is -2.07. The lowest BCUT2D eigenvalue weighted by atomic mass is 10.2. The van der Waals surface area contributed by atoms with E-state index in [9.17, 15) is 0 Å². The maximum atomic E-state index is 5.82. The first-order chi connectivity index (χ1) is 5.15. The summed E-state index contributed by atoms with van der Waals surface area (Å²) in [5, 5.41) is 1.07. The first-order valence-electron chi connectivity index (χ1n) is 3.84. The van der Waals surface area contributed by atoms with Crippen LogP contribution in [-0.4, -0.2) is 4.98 Å². The minimum absolute atomic E-state index is 0.132. The number of aromatic nitrogens is 1. The fraction of sp³-hybridized carbons (Fsp3) is 0.625. The van der Waals surface area contributed by atoms with Gasteiger partial charge in [-0.05, 0) is 20.3 Å². The maximum absolute atomic E-state index is 5.82. The van der Waals surface area contributed by atoms with Gasteiger partial charge in [0, 0.05) is 4.88 Å². The molecule has 2 nitrogen and oxygen atoms in total. The van der Waals surface area contributed by atoms with Gasteiger partial charge in [0.05, 0.1) is 11.7 Å². The maximum Gasteiger partial charge on any atom is 0.110 e. The highest BCUT2D eigenvalue weighted by Crippen LogP contribution is 2.22. The number of nitrogens with two attached hydrogens (primary N) is 1. The highest BCUT2D eigenvalue weighted by Gasteiger charge is 2.09. The predicted octanol–water partition coefficient (Wildman–Crippen LogP) is 2.17. The monoisotopic (exact) mass is 170 g/mol. The molecule has 11 heavy (non-hydrogen) atoms. The van der Waals surface area contributed by atoms with Crippen molar-refractivity contribution < 1.29 is 0 Å². The van der Waals surface area contributed by atoms with Crippen molar-refractivity contribution in [3.63, 3.8) is 0 Å². The summed E-state index contributed by atoms with van der Waals surface area (Å²) in [7, 11) is 0. The van der Waals surface area contributed by atoms with E-state index < -0.39 is 0 Å². The van der Waals surface area contributed by atoms with Gasteiger partial charge in [-0.3, -0.25) is 0 Å². The highest BCUT2D eigenvalue weighted by atomic mass is 32.1. The Morgan fingerprint density at radius 1 is 1.55 bits per heavy atom. The molecule has 0 saturated heterocycles. The minimum atomic E-state index is 0.132. The molecule has 0 unspecified atom stereocenters. The molecule has 0 fully saturated rings. The molecule has 2 N–H and O–H groups in total. The van der Waals surface area contributed by atoms with Crippen molar-refractivity contribution in [2.24, 2.45) is 5.73 Å². The second-order valence-electron chi connectivity index (χ2n) is 2.71. The number of nitrogens with zero attached hydrogens (tertiary/aromatic N) is 1. The van der Waals surface area contributed by atoms with E-state index in [1.54, 1.807) is 11.3 Å². The Hall–Kier alpha value is -0.410. The van der Waals surface area contributed by atoms with Crippen LogP contribution in [0.3, 0.4) is 0 Å². The molecule has 3 heteroatoms. The van der Waals surface area contributed by atoms with E-state index in [1.165, 1.54) is 4.88 Å². The van der Waals surface area contributed by atoms with Crippen LogP contribution in [0.15, 0.2) is 0 Å². The molecule has 0 aliphatic heterocycles. The Bertz CT molecular complexity index is 223. The predicted molar refractivity (Wildman–Crippen MR) is 48.8 cm³/mol. The van der Waals surface area contributed by atoms with E-state index in [4.69, 9.17) is 5.73 Å². The normalized spacial score (nSPS) is 13.5. The van der Waals surface area contributed by atoms with Crippen molar-refractivity contribution in [2.45, 2.75) is 33.2 Å². The van der Waals surface area contributed by atoms with Gasteiger partial charge in [0.2, 0.25) is 0 Å². The van der Waals surface area contributed by atoms with Gasteiger partial charge in [-0.1, -0.05) is 6.92 Å². The minimum Gasteiger partial charge on any atom is -0.322 e. The molecule has 0 aliphatic carbocycles. The summed E-state index contributed by atoms with van der Waals surface area (Å²) in [5.74, 6) is 0. The van der Waals surface area contributed by atoms with E-state index in [1.807, 2.05) is 6.92 Å². The molecule has 0 aromatic carbocycles. The molecular weight excluding hydrogens is 156 g/mol. The van der Waals surface area contributed by atoms with E-state index in [0.717, 1.165) is 17.1 Å². The smallest absolute Gasteiger partial charge is 0.110 e. The Labute approximate surface area is 71.5 Å². The molecule has 0 aliphatic rings. The zero-order valence-corrected chi connectivity index (χ0v) is 8.03. The van der Waals surface area contributed by atoms with Crippen LogP contribution in [-0.2, 0) is 0 Å². The average Bonchev–Trinajstić information content (AvgIpc) is 2.31. The van der Waals surface area contributed by atoms with Crippen molar-refractivity contribution in [1.82, 2.24) is 4.98 Å².